The molecule has 104 valence electrons. The summed E-state index contributed by atoms with van der Waals surface area (Å²) < 4.78 is 5.63. The maximum Gasteiger partial charge on any atom is 0.361 e. The van der Waals surface area contributed by atoms with Crippen LogP contribution in [0.15, 0.2) is 25.3 Å². The molecule has 0 radical (unpaired) electrons. The van der Waals surface area contributed by atoms with E-state index in [2.05, 4.69) is 13.2 Å². The van der Waals surface area contributed by atoms with Crippen molar-refractivity contribution in [2.24, 2.45) is 0 Å². The number of esters is 1. The molecule has 0 saturated carbocycles. The number of piperidine rings is 1. The van der Waals surface area contributed by atoms with Crippen molar-refractivity contribution in [3.63, 3.8) is 0 Å². The summed E-state index contributed by atoms with van der Waals surface area (Å²) in [6.07, 6.45) is 8.38. The van der Waals surface area contributed by atoms with Crippen LogP contribution < -0.4 is 17.0 Å². The number of quaternary nitrogens is 1. The molecule has 0 aromatic rings. The Hall–Kier alpha value is -0.610. The highest BCUT2D eigenvalue weighted by Crippen LogP contribution is 2.25. The average Bonchev–Trinajstić information content (AvgIpc) is 2.36. The first-order chi connectivity index (χ1) is 8.18. The fraction of sp³-hybridized carbons (Fsp3) is 0.643. The zero-order valence-corrected chi connectivity index (χ0v) is 12.8. The summed E-state index contributed by atoms with van der Waals surface area (Å²) in [4.78, 5) is 11.6. The van der Waals surface area contributed by atoms with Crippen molar-refractivity contribution in [1.29, 1.82) is 0 Å². The van der Waals surface area contributed by atoms with Crippen molar-refractivity contribution in [2.75, 3.05) is 26.7 Å². The lowest BCUT2D eigenvalue weighted by Crippen LogP contribution is -3.00. The molecular formula is C14H24BrNO2. The average molecular weight is 318 g/mol. The second kappa shape index (κ2) is 8.48. The molecule has 0 aliphatic carbocycles. The van der Waals surface area contributed by atoms with Crippen molar-refractivity contribution >= 4 is 5.97 Å². The number of likely N-dealkylation sites (tertiary alicyclic amines) is 1. The second-order valence-corrected chi connectivity index (χ2v) is 4.79. The minimum atomic E-state index is -0.122. The van der Waals surface area contributed by atoms with Gasteiger partial charge in [0.1, 0.15) is 6.04 Å². The molecule has 18 heavy (non-hydrogen) atoms. The molecular weight excluding hydrogens is 294 g/mol. The quantitative estimate of drug-likeness (QED) is 0.368. The monoisotopic (exact) mass is 317 g/mol. The number of carbonyl (C=O) groups is 1. The van der Waals surface area contributed by atoms with Gasteiger partial charge in [0.05, 0.1) is 20.2 Å². The number of ether oxygens (including phenoxy) is 1. The largest absolute Gasteiger partial charge is 1.00 e. The van der Waals surface area contributed by atoms with Crippen molar-refractivity contribution in [3.8, 4) is 0 Å². The standard InChI is InChI=1S/C14H24NO2.BrH/c1-4-9-13(5-2)15(12-14(16)17-3)10-7-6-8-11-15;/h4-5,13H,1-2,6-12H2,3H3;1H/q+1;/p-1. The molecule has 0 spiro atoms. The van der Waals surface area contributed by atoms with Crippen LogP contribution in [0, 0.1) is 0 Å². The Morgan fingerprint density at radius 2 is 1.94 bits per heavy atom. The van der Waals surface area contributed by atoms with E-state index in [0.717, 1.165) is 24.0 Å². The van der Waals surface area contributed by atoms with Crippen molar-refractivity contribution in [3.05, 3.63) is 25.3 Å². The van der Waals surface area contributed by atoms with Gasteiger partial charge in [0.15, 0.2) is 6.54 Å². The maximum atomic E-state index is 11.6. The fourth-order valence-electron chi connectivity index (χ4n) is 2.78. The van der Waals surface area contributed by atoms with Gasteiger partial charge in [0.25, 0.3) is 0 Å². The maximum absolute atomic E-state index is 11.6. The third kappa shape index (κ3) is 4.25. The number of hydrogen-bond donors (Lipinski definition) is 0. The molecule has 1 rings (SSSR count). The summed E-state index contributed by atoms with van der Waals surface area (Å²) in [5, 5.41) is 0. The Kier molecular flexibility index (Phi) is 8.20. The van der Waals surface area contributed by atoms with Gasteiger partial charge in [-0.1, -0.05) is 12.7 Å². The highest BCUT2D eigenvalue weighted by Gasteiger charge is 2.38. The lowest BCUT2D eigenvalue weighted by molar-refractivity contribution is -0.942. The van der Waals surface area contributed by atoms with Gasteiger partial charge in [-0.2, -0.15) is 0 Å². The predicted octanol–water partition coefficient (Wildman–Crippen LogP) is -0.705. The highest BCUT2D eigenvalue weighted by molar-refractivity contribution is 5.70. The zero-order valence-electron chi connectivity index (χ0n) is 11.2. The van der Waals surface area contributed by atoms with E-state index in [0.29, 0.717) is 6.54 Å². The molecule has 0 aromatic heterocycles. The molecule has 1 fully saturated rings. The minimum absolute atomic E-state index is 0. The Labute approximate surface area is 121 Å². The summed E-state index contributed by atoms with van der Waals surface area (Å²) in [6.45, 7) is 10.3. The molecule has 0 N–H and O–H groups in total. The van der Waals surface area contributed by atoms with Crippen LogP contribution in [0.3, 0.4) is 0 Å². The van der Waals surface area contributed by atoms with Crippen LogP contribution in [-0.2, 0) is 9.53 Å². The van der Waals surface area contributed by atoms with Gasteiger partial charge in [0.2, 0.25) is 0 Å². The highest BCUT2D eigenvalue weighted by atomic mass is 79.9. The molecule has 1 saturated heterocycles. The van der Waals surface area contributed by atoms with E-state index >= 15 is 0 Å². The molecule has 1 heterocycles. The molecule has 0 amide bonds. The molecule has 4 heteroatoms. The van der Waals surface area contributed by atoms with Crippen LogP contribution >= 0.6 is 0 Å². The molecule has 1 atom stereocenters. The number of rotatable bonds is 6. The lowest BCUT2D eigenvalue weighted by Gasteiger charge is -2.45. The third-order valence-corrected chi connectivity index (χ3v) is 3.76. The smallest absolute Gasteiger partial charge is 0.361 e. The van der Waals surface area contributed by atoms with Crippen LogP contribution in [-0.4, -0.2) is 43.2 Å². The van der Waals surface area contributed by atoms with E-state index in [1.54, 1.807) is 0 Å². The number of halogens is 1. The molecule has 1 aliphatic rings. The van der Waals surface area contributed by atoms with E-state index in [1.165, 1.54) is 26.4 Å². The van der Waals surface area contributed by atoms with E-state index < -0.39 is 0 Å². The van der Waals surface area contributed by atoms with Crippen molar-refractivity contribution in [1.82, 2.24) is 0 Å². The molecule has 0 aromatic carbocycles. The van der Waals surface area contributed by atoms with Gasteiger partial charge in [0, 0.05) is 6.42 Å². The Morgan fingerprint density at radius 3 is 2.39 bits per heavy atom. The minimum Gasteiger partial charge on any atom is -1.00 e. The summed E-state index contributed by atoms with van der Waals surface area (Å²) >= 11 is 0. The first kappa shape index (κ1) is 17.4. The summed E-state index contributed by atoms with van der Waals surface area (Å²) in [7, 11) is 1.46. The zero-order chi connectivity index (χ0) is 12.7. The number of hydrogen-bond acceptors (Lipinski definition) is 2. The molecule has 3 nitrogen and oxygen atoms in total. The Bertz CT molecular complexity index is 286. The van der Waals surface area contributed by atoms with Gasteiger partial charge < -0.3 is 26.2 Å². The Balaban J connectivity index is 0.00000289. The molecule has 1 unspecified atom stereocenters. The predicted molar refractivity (Wildman–Crippen MR) is 69.5 cm³/mol. The van der Waals surface area contributed by atoms with Gasteiger partial charge in [-0.05, 0) is 25.3 Å². The molecule has 1 aliphatic heterocycles. The Morgan fingerprint density at radius 1 is 1.33 bits per heavy atom. The second-order valence-electron chi connectivity index (χ2n) is 4.79. The lowest BCUT2D eigenvalue weighted by atomic mass is 10.0. The first-order valence-electron chi connectivity index (χ1n) is 6.34. The summed E-state index contributed by atoms with van der Waals surface area (Å²) in [5.41, 5.74) is 0. The van der Waals surface area contributed by atoms with Crippen molar-refractivity contribution < 1.29 is 31.0 Å². The topological polar surface area (TPSA) is 26.3 Å². The van der Waals surface area contributed by atoms with Gasteiger partial charge in [-0.15, -0.1) is 6.58 Å². The fourth-order valence-corrected chi connectivity index (χ4v) is 2.78. The number of carbonyl (C=O) groups excluding carboxylic acids is 1. The van der Waals surface area contributed by atoms with Gasteiger partial charge in [-0.3, -0.25) is 0 Å². The van der Waals surface area contributed by atoms with Crippen LogP contribution in [0.4, 0.5) is 0 Å². The van der Waals surface area contributed by atoms with Crippen LogP contribution in [0.1, 0.15) is 25.7 Å². The van der Waals surface area contributed by atoms with E-state index in [1.807, 2.05) is 12.2 Å². The molecule has 0 bridgehead atoms. The van der Waals surface area contributed by atoms with Gasteiger partial charge >= 0.3 is 5.97 Å². The first-order valence-corrected chi connectivity index (χ1v) is 6.34. The van der Waals surface area contributed by atoms with E-state index in [4.69, 9.17) is 4.74 Å². The normalized spacial score (nSPS) is 19.2. The number of methoxy groups -OCH3 is 1. The van der Waals surface area contributed by atoms with E-state index in [-0.39, 0.29) is 29.0 Å². The number of nitrogens with zero attached hydrogens (tertiary/aromatic N) is 1. The summed E-state index contributed by atoms with van der Waals surface area (Å²) in [6, 6.07) is 0.284. The summed E-state index contributed by atoms with van der Waals surface area (Å²) in [5.74, 6) is -0.122. The van der Waals surface area contributed by atoms with Crippen LogP contribution in [0.5, 0.6) is 0 Å². The van der Waals surface area contributed by atoms with E-state index in [9.17, 15) is 4.79 Å². The SMILES string of the molecule is C=CCC(C=C)[N+]1(CC(=O)OC)CCCCC1.[Br-]. The van der Waals surface area contributed by atoms with Gasteiger partial charge in [-0.25, -0.2) is 4.79 Å². The van der Waals surface area contributed by atoms with Crippen LogP contribution in [0.2, 0.25) is 0 Å². The van der Waals surface area contributed by atoms with Crippen molar-refractivity contribution in [2.45, 2.75) is 31.7 Å². The van der Waals surface area contributed by atoms with Crippen LogP contribution in [0.25, 0.3) is 0 Å². The third-order valence-electron chi connectivity index (χ3n) is 3.76.